The van der Waals surface area contributed by atoms with Crippen LogP contribution in [0.3, 0.4) is 0 Å². The largest absolute Gasteiger partial charge is 0.316 e. The quantitative estimate of drug-likeness (QED) is 0.789. The van der Waals surface area contributed by atoms with Gasteiger partial charge in [-0.05, 0) is 31.4 Å². The van der Waals surface area contributed by atoms with Gasteiger partial charge in [0.15, 0.2) is 0 Å². The van der Waals surface area contributed by atoms with Gasteiger partial charge in [0, 0.05) is 6.04 Å². The van der Waals surface area contributed by atoms with Crippen LogP contribution in [0.4, 0.5) is 0 Å². The third-order valence-corrected chi connectivity index (χ3v) is 3.20. The standard InChI is InChI=1S/C14H19N/c1-3-12(13-10-14(13)15-2)9-11-7-5-4-6-8-11/h4-9,13-15H,3,10H2,1-2H3/b12-9+/t13-,14+/m0/s1. The number of hydrogen-bond donors (Lipinski definition) is 1. The number of hydrogen-bond acceptors (Lipinski definition) is 1. The van der Waals surface area contributed by atoms with Gasteiger partial charge < -0.3 is 5.32 Å². The van der Waals surface area contributed by atoms with Crippen LogP contribution in [-0.4, -0.2) is 13.1 Å². The van der Waals surface area contributed by atoms with Gasteiger partial charge in [-0.3, -0.25) is 0 Å². The van der Waals surface area contributed by atoms with Crippen molar-refractivity contribution in [3.8, 4) is 0 Å². The molecule has 15 heavy (non-hydrogen) atoms. The molecule has 0 amide bonds. The maximum Gasteiger partial charge on any atom is 0.0136 e. The Morgan fingerprint density at radius 1 is 1.40 bits per heavy atom. The Balaban J connectivity index is 2.10. The number of nitrogens with one attached hydrogen (secondary N) is 1. The molecule has 2 rings (SSSR count). The molecule has 0 bridgehead atoms. The van der Waals surface area contributed by atoms with E-state index >= 15 is 0 Å². The van der Waals surface area contributed by atoms with Crippen LogP contribution in [-0.2, 0) is 0 Å². The first-order chi connectivity index (χ1) is 7.35. The molecule has 2 atom stereocenters. The topological polar surface area (TPSA) is 12.0 Å². The molecule has 1 nitrogen and oxygen atoms in total. The lowest BCUT2D eigenvalue weighted by Crippen LogP contribution is -2.11. The molecular formula is C14H19N. The average molecular weight is 201 g/mol. The van der Waals surface area contributed by atoms with Crippen molar-refractivity contribution in [3.05, 3.63) is 41.5 Å². The fourth-order valence-corrected chi connectivity index (χ4v) is 2.16. The number of benzene rings is 1. The molecule has 0 aliphatic heterocycles. The highest BCUT2D eigenvalue weighted by Gasteiger charge is 2.37. The lowest BCUT2D eigenvalue weighted by atomic mass is 10.0. The van der Waals surface area contributed by atoms with Gasteiger partial charge in [-0.1, -0.05) is 48.9 Å². The van der Waals surface area contributed by atoms with E-state index in [0.29, 0.717) is 0 Å². The lowest BCUT2D eigenvalue weighted by Gasteiger charge is -2.04. The molecule has 80 valence electrons. The molecule has 1 fully saturated rings. The van der Waals surface area contributed by atoms with Gasteiger partial charge in [-0.25, -0.2) is 0 Å². The molecule has 1 N–H and O–H groups in total. The zero-order valence-corrected chi connectivity index (χ0v) is 9.53. The minimum atomic E-state index is 0.722. The monoisotopic (exact) mass is 201 g/mol. The van der Waals surface area contributed by atoms with Gasteiger partial charge in [-0.15, -0.1) is 0 Å². The average Bonchev–Trinajstić information content (AvgIpc) is 3.06. The highest BCUT2D eigenvalue weighted by atomic mass is 14.9. The maximum absolute atomic E-state index is 3.35. The van der Waals surface area contributed by atoms with E-state index < -0.39 is 0 Å². The molecule has 0 radical (unpaired) electrons. The highest BCUT2D eigenvalue weighted by Crippen LogP contribution is 2.39. The van der Waals surface area contributed by atoms with Crippen LogP contribution in [0.2, 0.25) is 0 Å². The fourth-order valence-electron chi connectivity index (χ4n) is 2.16. The molecule has 1 aliphatic carbocycles. The minimum Gasteiger partial charge on any atom is -0.316 e. The number of rotatable bonds is 4. The summed E-state index contributed by atoms with van der Waals surface area (Å²) in [5, 5.41) is 3.35. The van der Waals surface area contributed by atoms with Crippen molar-refractivity contribution in [1.82, 2.24) is 5.32 Å². The zero-order chi connectivity index (χ0) is 10.7. The van der Waals surface area contributed by atoms with Crippen molar-refractivity contribution >= 4 is 6.08 Å². The summed E-state index contributed by atoms with van der Waals surface area (Å²) in [6.07, 6.45) is 4.82. The van der Waals surface area contributed by atoms with E-state index in [1.807, 2.05) is 0 Å². The van der Waals surface area contributed by atoms with E-state index in [1.54, 1.807) is 5.57 Å². The second kappa shape index (κ2) is 4.63. The SMILES string of the molecule is CC/C(=C\c1ccccc1)[C@@H]1C[C@H]1NC. The Hall–Kier alpha value is -1.08. The maximum atomic E-state index is 3.35. The van der Waals surface area contributed by atoms with E-state index in [2.05, 4.69) is 55.7 Å². The van der Waals surface area contributed by atoms with Crippen molar-refractivity contribution < 1.29 is 0 Å². The summed E-state index contributed by atoms with van der Waals surface area (Å²) in [4.78, 5) is 0. The van der Waals surface area contributed by atoms with Crippen molar-refractivity contribution in [1.29, 1.82) is 0 Å². The Morgan fingerprint density at radius 3 is 2.67 bits per heavy atom. The van der Waals surface area contributed by atoms with Crippen LogP contribution < -0.4 is 5.32 Å². The first-order valence-corrected chi connectivity index (χ1v) is 5.78. The second-order valence-corrected chi connectivity index (χ2v) is 4.22. The van der Waals surface area contributed by atoms with Crippen molar-refractivity contribution in [2.45, 2.75) is 25.8 Å². The molecular weight excluding hydrogens is 182 g/mol. The summed E-state index contributed by atoms with van der Waals surface area (Å²) < 4.78 is 0. The zero-order valence-electron chi connectivity index (χ0n) is 9.53. The van der Waals surface area contributed by atoms with E-state index in [9.17, 15) is 0 Å². The predicted octanol–water partition coefficient (Wildman–Crippen LogP) is 3.09. The first-order valence-electron chi connectivity index (χ1n) is 5.78. The molecule has 0 spiro atoms. The van der Waals surface area contributed by atoms with E-state index in [1.165, 1.54) is 12.0 Å². The van der Waals surface area contributed by atoms with Crippen LogP contribution in [0.1, 0.15) is 25.3 Å². The van der Waals surface area contributed by atoms with Crippen molar-refractivity contribution in [2.24, 2.45) is 5.92 Å². The lowest BCUT2D eigenvalue weighted by molar-refractivity contribution is 0.747. The second-order valence-electron chi connectivity index (χ2n) is 4.22. The van der Waals surface area contributed by atoms with E-state index in [0.717, 1.165) is 18.4 Å². The summed E-state index contributed by atoms with van der Waals surface area (Å²) in [5.41, 5.74) is 2.91. The van der Waals surface area contributed by atoms with E-state index in [-0.39, 0.29) is 0 Å². The van der Waals surface area contributed by atoms with Gasteiger partial charge >= 0.3 is 0 Å². The van der Waals surface area contributed by atoms with Crippen LogP contribution in [0.15, 0.2) is 35.9 Å². The van der Waals surface area contributed by atoms with Crippen LogP contribution in [0, 0.1) is 5.92 Å². The molecule has 1 heteroatoms. The fraction of sp³-hybridized carbons (Fsp3) is 0.429. The predicted molar refractivity (Wildman–Crippen MR) is 65.7 cm³/mol. The molecule has 0 unspecified atom stereocenters. The molecule has 0 saturated heterocycles. The Morgan fingerprint density at radius 2 is 2.13 bits per heavy atom. The summed E-state index contributed by atoms with van der Waals surface area (Å²) in [6, 6.07) is 11.3. The molecule has 1 aromatic carbocycles. The third kappa shape index (κ3) is 2.48. The Bertz CT molecular complexity index is 340. The van der Waals surface area contributed by atoms with Gasteiger partial charge in [0.1, 0.15) is 0 Å². The minimum absolute atomic E-state index is 0.722. The smallest absolute Gasteiger partial charge is 0.0136 e. The van der Waals surface area contributed by atoms with Crippen LogP contribution in [0.5, 0.6) is 0 Å². The summed E-state index contributed by atoms with van der Waals surface area (Å²) in [7, 11) is 2.06. The van der Waals surface area contributed by atoms with Crippen LogP contribution in [0.25, 0.3) is 6.08 Å². The van der Waals surface area contributed by atoms with Gasteiger partial charge in [0.25, 0.3) is 0 Å². The Kier molecular flexibility index (Phi) is 3.22. The van der Waals surface area contributed by atoms with Gasteiger partial charge in [0.2, 0.25) is 0 Å². The summed E-state index contributed by atoms with van der Waals surface area (Å²) >= 11 is 0. The highest BCUT2D eigenvalue weighted by molar-refractivity contribution is 5.54. The van der Waals surface area contributed by atoms with Crippen molar-refractivity contribution in [3.63, 3.8) is 0 Å². The molecule has 1 saturated carbocycles. The van der Waals surface area contributed by atoms with E-state index in [4.69, 9.17) is 0 Å². The molecule has 0 heterocycles. The normalized spacial score (nSPS) is 25.3. The molecule has 1 aromatic rings. The van der Waals surface area contributed by atoms with Crippen molar-refractivity contribution in [2.75, 3.05) is 7.05 Å². The van der Waals surface area contributed by atoms with Gasteiger partial charge in [-0.2, -0.15) is 0 Å². The summed E-state index contributed by atoms with van der Waals surface area (Å²) in [5.74, 6) is 0.778. The Labute approximate surface area is 92.2 Å². The third-order valence-electron chi connectivity index (χ3n) is 3.20. The van der Waals surface area contributed by atoms with Gasteiger partial charge in [0.05, 0.1) is 0 Å². The van der Waals surface area contributed by atoms with Crippen LogP contribution >= 0.6 is 0 Å². The summed E-state index contributed by atoms with van der Waals surface area (Å²) in [6.45, 7) is 2.25. The molecule has 0 aromatic heterocycles. The first kappa shape index (κ1) is 10.4. The molecule has 1 aliphatic rings.